The van der Waals surface area contributed by atoms with Gasteiger partial charge in [-0.05, 0) is 111 Å². The predicted molar refractivity (Wildman–Crippen MR) is 152 cm³/mol. The van der Waals surface area contributed by atoms with Crippen LogP contribution in [-0.4, -0.2) is 25.1 Å². The van der Waals surface area contributed by atoms with Crippen molar-refractivity contribution in [3.05, 3.63) is 78.4 Å². The average Bonchev–Trinajstić information content (AvgIpc) is 2.90. The van der Waals surface area contributed by atoms with Crippen LogP contribution in [0.15, 0.2) is 72.8 Å². The standard InChI is InChI=1S/C31H36N2O2.CH4O/c1-22-15-23-17-24(16-22)19-31(2,18-23)21-35-29-13-11-27(12-14-29)32-26-7-9-28(10-8-26)33-30-6-4-3-5-25(30)20-34;1-2/h3-14,20,22-24,32-33H,15-19,21H2,1-2H3;2H,1H3. The third-order valence-electron chi connectivity index (χ3n) is 7.68. The molecule has 0 saturated heterocycles. The molecule has 5 heteroatoms. The van der Waals surface area contributed by atoms with Gasteiger partial charge in [0.2, 0.25) is 0 Å². The van der Waals surface area contributed by atoms with E-state index in [1.165, 1.54) is 32.1 Å². The van der Waals surface area contributed by atoms with Gasteiger partial charge in [-0.1, -0.05) is 26.0 Å². The minimum Gasteiger partial charge on any atom is -0.493 e. The fraction of sp³-hybridized carbons (Fsp3) is 0.406. The van der Waals surface area contributed by atoms with E-state index in [1.54, 1.807) is 6.07 Å². The molecule has 0 aromatic heterocycles. The minimum atomic E-state index is 0.298. The summed E-state index contributed by atoms with van der Waals surface area (Å²) in [6.45, 7) is 5.66. The first-order chi connectivity index (χ1) is 18.0. The van der Waals surface area contributed by atoms with Gasteiger partial charge in [0.1, 0.15) is 5.75 Å². The molecule has 0 aliphatic heterocycles. The number of carbonyl (C=O) groups excluding carboxylic acids is 1. The van der Waals surface area contributed by atoms with E-state index in [0.29, 0.717) is 11.0 Å². The molecule has 2 aliphatic rings. The van der Waals surface area contributed by atoms with Crippen molar-refractivity contribution in [2.24, 2.45) is 23.2 Å². The number of benzene rings is 3. The number of aliphatic hydroxyl groups excluding tert-OH is 1. The molecular formula is C32H40N2O3. The molecule has 0 radical (unpaired) electrons. The lowest BCUT2D eigenvalue weighted by atomic mass is 9.60. The molecule has 0 heterocycles. The number of anilines is 4. The molecule has 2 unspecified atom stereocenters. The van der Waals surface area contributed by atoms with Gasteiger partial charge in [-0.2, -0.15) is 0 Å². The summed E-state index contributed by atoms with van der Waals surface area (Å²) < 4.78 is 6.28. The van der Waals surface area contributed by atoms with Crippen LogP contribution in [0.1, 0.15) is 56.3 Å². The van der Waals surface area contributed by atoms with Gasteiger partial charge in [0.05, 0.1) is 6.61 Å². The number of nitrogens with one attached hydrogen (secondary N) is 2. The monoisotopic (exact) mass is 500 g/mol. The predicted octanol–water partition coefficient (Wildman–Crippen LogP) is 7.83. The van der Waals surface area contributed by atoms with Crippen molar-refractivity contribution in [2.45, 2.75) is 46.0 Å². The summed E-state index contributed by atoms with van der Waals surface area (Å²) in [6.07, 6.45) is 7.71. The Balaban J connectivity index is 0.00000156. The summed E-state index contributed by atoms with van der Waals surface area (Å²) in [5, 5.41) is 13.8. The van der Waals surface area contributed by atoms with Crippen molar-refractivity contribution < 1.29 is 14.6 Å². The van der Waals surface area contributed by atoms with Crippen LogP contribution in [0, 0.1) is 23.2 Å². The average molecular weight is 501 g/mol. The van der Waals surface area contributed by atoms with E-state index < -0.39 is 0 Å². The van der Waals surface area contributed by atoms with Crippen molar-refractivity contribution in [1.82, 2.24) is 0 Å². The fourth-order valence-corrected chi connectivity index (χ4v) is 6.39. The van der Waals surface area contributed by atoms with Crippen molar-refractivity contribution in [3.8, 4) is 5.75 Å². The van der Waals surface area contributed by atoms with Crippen molar-refractivity contribution in [3.63, 3.8) is 0 Å². The lowest BCUT2D eigenvalue weighted by molar-refractivity contribution is 0.0146. The van der Waals surface area contributed by atoms with Crippen LogP contribution in [0.3, 0.4) is 0 Å². The number of aldehydes is 1. The van der Waals surface area contributed by atoms with E-state index in [0.717, 1.165) is 66.3 Å². The highest BCUT2D eigenvalue weighted by Gasteiger charge is 2.41. The largest absolute Gasteiger partial charge is 0.493 e. The van der Waals surface area contributed by atoms with E-state index in [-0.39, 0.29) is 0 Å². The third kappa shape index (κ3) is 7.14. The van der Waals surface area contributed by atoms with Crippen LogP contribution < -0.4 is 15.4 Å². The third-order valence-corrected chi connectivity index (χ3v) is 7.68. The van der Waals surface area contributed by atoms with Gasteiger partial charge in [0, 0.05) is 40.8 Å². The number of para-hydroxylation sites is 1. The van der Waals surface area contributed by atoms with Crippen LogP contribution in [0.25, 0.3) is 0 Å². The van der Waals surface area contributed by atoms with Crippen LogP contribution in [0.5, 0.6) is 5.75 Å². The maximum atomic E-state index is 11.2. The van der Waals surface area contributed by atoms with Gasteiger partial charge < -0.3 is 20.5 Å². The summed E-state index contributed by atoms with van der Waals surface area (Å²) in [5.41, 5.74) is 4.71. The van der Waals surface area contributed by atoms with E-state index in [4.69, 9.17) is 9.84 Å². The van der Waals surface area contributed by atoms with Gasteiger partial charge >= 0.3 is 0 Å². The summed E-state index contributed by atoms with van der Waals surface area (Å²) in [6, 6.07) is 23.8. The molecule has 2 saturated carbocycles. The van der Waals surface area contributed by atoms with Gasteiger partial charge in [0.15, 0.2) is 6.29 Å². The zero-order valence-corrected chi connectivity index (χ0v) is 22.2. The second kappa shape index (κ2) is 12.3. The zero-order valence-electron chi connectivity index (χ0n) is 22.2. The maximum absolute atomic E-state index is 11.2. The molecule has 5 rings (SSSR count). The van der Waals surface area contributed by atoms with E-state index in [2.05, 4.69) is 48.7 Å². The first-order valence-electron chi connectivity index (χ1n) is 13.3. The molecule has 3 N–H and O–H groups in total. The molecule has 3 aromatic carbocycles. The Morgan fingerprint density at radius 3 is 1.97 bits per heavy atom. The van der Waals surface area contributed by atoms with Gasteiger partial charge in [0.25, 0.3) is 0 Å². The molecule has 0 amide bonds. The first-order valence-corrected chi connectivity index (χ1v) is 13.3. The van der Waals surface area contributed by atoms with Gasteiger partial charge in [-0.25, -0.2) is 0 Å². The van der Waals surface area contributed by atoms with Crippen LogP contribution in [-0.2, 0) is 0 Å². The highest BCUT2D eigenvalue weighted by Crippen LogP contribution is 2.50. The maximum Gasteiger partial charge on any atom is 0.152 e. The fourth-order valence-electron chi connectivity index (χ4n) is 6.39. The van der Waals surface area contributed by atoms with Crippen molar-refractivity contribution in [1.29, 1.82) is 0 Å². The molecular weight excluding hydrogens is 460 g/mol. The second-order valence-corrected chi connectivity index (χ2v) is 11.1. The summed E-state index contributed by atoms with van der Waals surface area (Å²) in [5.74, 6) is 3.61. The summed E-state index contributed by atoms with van der Waals surface area (Å²) in [4.78, 5) is 11.2. The molecule has 3 aromatic rings. The van der Waals surface area contributed by atoms with E-state index in [9.17, 15) is 4.79 Å². The minimum absolute atomic E-state index is 0.298. The molecule has 37 heavy (non-hydrogen) atoms. The van der Waals surface area contributed by atoms with Gasteiger partial charge in [-0.15, -0.1) is 0 Å². The molecule has 2 fully saturated rings. The number of carbonyl (C=O) groups is 1. The second-order valence-electron chi connectivity index (χ2n) is 11.1. The van der Waals surface area contributed by atoms with Crippen molar-refractivity contribution in [2.75, 3.05) is 24.4 Å². The van der Waals surface area contributed by atoms with Crippen LogP contribution >= 0.6 is 0 Å². The smallest absolute Gasteiger partial charge is 0.152 e. The molecule has 2 bridgehead atoms. The molecule has 2 aliphatic carbocycles. The Morgan fingerprint density at radius 1 is 0.838 bits per heavy atom. The number of hydrogen-bond acceptors (Lipinski definition) is 5. The van der Waals surface area contributed by atoms with E-state index in [1.807, 2.05) is 42.5 Å². The number of aliphatic hydroxyl groups is 1. The summed E-state index contributed by atoms with van der Waals surface area (Å²) >= 11 is 0. The zero-order chi connectivity index (χ0) is 26.3. The lowest BCUT2D eigenvalue weighted by Gasteiger charge is -2.47. The quantitative estimate of drug-likeness (QED) is 0.275. The molecule has 2 atom stereocenters. The molecule has 5 nitrogen and oxygen atoms in total. The Kier molecular flexibility index (Phi) is 8.88. The summed E-state index contributed by atoms with van der Waals surface area (Å²) in [7, 11) is 1.00. The Labute approximate surface area is 221 Å². The number of hydrogen-bond donors (Lipinski definition) is 3. The number of fused-ring (bicyclic) bond motifs is 2. The normalized spacial score (nSPS) is 24.3. The molecule has 196 valence electrons. The van der Waals surface area contributed by atoms with E-state index >= 15 is 0 Å². The Hall–Kier alpha value is -3.31. The highest BCUT2D eigenvalue weighted by atomic mass is 16.5. The Morgan fingerprint density at radius 2 is 1.38 bits per heavy atom. The SMILES string of the molecule is CC1CC2CC(C1)CC(C)(COc1ccc(Nc3ccc(Nc4ccccc4C=O)cc3)cc1)C2.CO. The van der Waals surface area contributed by atoms with Crippen LogP contribution in [0.2, 0.25) is 0 Å². The molecule has 0 spiro atoms. The Bertz CT molecular complexity index is 1130. The first kappa shape index (κ1) is 26.7. The van der Waals surface area contributed by atoms with Gasteiger partial charge in [-0.3, -0.25) is 4.79 Å². The topological polar surface area (TPSA) is 70.6 Å². The number of rotatable bonds is 8. The number of ether oxygens (including phenoxy) is 1. The van der Waals surface area contributed by atoms with Crippen molar-refractivity contribution >= 4 is 29.0 Å². The highest BCUT2D eigenvalue weighted by molar-refractivity contribution is 5.86. The lowest BCUT2D eigenvalue weighted by Crippen LogP contribution is -2.39. The van der Waals surface area contributed by atoms with Crippen LogP contribution in [0.4, 0.5) is 22.7 Å².